The van der Waals surface area contributed by atoms with Crippen LogP contribution < -0.4 is 0 Å². The lowest BCUT2D eigenvalue weighted by Crippen LogP contribution is -2.46. The van der Waals surface area contributed by atoms with Crippen LogP contribution in [0.1, 0.15) is 17.3 Å². The molecule has 1 aliphatic rings. The van der Waals surface area contributed by atoms with Gasteiger partial charge in [0.2, 0.25) is 0 Å². The SMILES string of the molecule is CCN(C(=O)c1ccoc1)C1COCC1C(=O)O. The Morgan fingerprint density at radius 3 is 2.83 bits per heavy atom. The first-order chi connectivity index (χ1) is 8.65. The highest BCUT2D eigenvalue weighted by molar-refractivity contribution is 5.94. The first kappa shape index (κ1) is 12.6. The van der Waals surface area contributed by atoms with E-state index in [4.69, 9.17) is 14.3 Å². The molecule has 0 spiro atoms. The molecular weight excluding hydrogens is 238 g/mol. The van der Waals surface area contributed by atoms with Crippen LogP contribution in [-0.2, 0) is 9.53 Å². The summed E-state index contributed by atoms with van der Waals surface area (Å²) < 4.78 is 10.1. The van der Waals surface area contributed by atoms with Crippen molar-refractivity contribution in [3.05, 3.63) is 24.2 Å². The Morgan fingerprint density at radius 1 is 1.50 bits per heavy atom. The minimum absolute atomic E-state index is 0.148. The number of aliphatic carboxylic acids is 1. The van der Waals surface area contributed by atoms with E-state index in [1.807, 2.05) is 6.92 Å². The summed E-state index contributed by atoms with van der Waals surface area (Å²) in [5.41, 5.74) is 0.424. The Morgan fingerprint density at radius 2 is 2.28 bits per heavy atom. The number of carbonyl (C=O) groups is 2. The molecule has 1 aliphatic heterocycles. The number of amides is 1. The van der Waals surface area contributed by atoms with Crippen LogP contribution in [0.25, 0.3) is 0 Å². The Kier molecular flexibility index (Phi) is 3.66. The van der Waals surface area contributed by atoms with Crippen molar-refractivity contribution in [1.29, 1.82) is 0 Å². The molecule has 0 bridgehead atoms. The Labute approximate surface area is 104 Å². The predicted molar refractivity (Wildman–Crippen MR) is 61.2 cm³/mol. The van der Waals surface area contributed by atoms with Crippen LogP contribution in [0.5, 0.6) is 0 Å². The maximum absolute atomic E-state index is 12.2. The number of hydrogen-bond donors (Lipinski definition) is 1. The van der Waals surface area contributed by atoms with E-state index >= 15 is 0 Å². The molecule has 1 aromatic heterocycles. The third-order valence-corrected chi connectivity index (χ3v) is 3.14. The minimum atomic E-state index is -0.934. The number of furan rings is 1. The number of likely N-dealkylation sites (N-methyl/N-ethyl adjacent to an activating group) is 1. The molecule has 18 heavy (non-hydrogen) atoms. The third kappa shape index (κ3) is 2.24. The summed E-state index contributed by atoms with van der Waals surface area (Å²) in [7, 11) is 0. The van der Waals surface area contributed by atoms with Gasteiger partial charge in [0.25, 0.3) is 5.91 Å². The fraction of sp³-hybridized carbons (Fsp3) is 0.500. The summed E-state index contributed by atoms with van der Waals surface area (Å²) in [5, 5.41) is 9.10. The summed E-state index contributed by atoms with van der Waals surface area (Å²) in [5.74, 6) is -1.83. The summed E-state index contributed by atoms with van der Waals surface area (Å²) >= 11 is 0. The molecule has 1 saturated heterocycles. The van der Waals surface area contributed by atoms with Gasteiger partial charge in [-0.15, -0.1) is 0 Å². The average molecular weight is 253 g/mol. The summed E-state index contributed by atoms with van der Waals surface area (Å²) in [6, 6.07) is 1.14. The molecule has 6 heteroatoms. The number of carboxylic acids is 1. The van der Waals surface area contributed by atoms with Crippen LogP contribution in [0.3, 0.4) is 0 Å². The topological polar surface area (TPSA) is 80.0 Å². The maximum atomic E-state index is 12.2. The molecule has 6 nitrogen and oxygen atoms in total. The van der Waals surface area contributed by atoms with Gasteiger partial charge >= 0.3 is 5.97 Å². The van der Waals surface area contributed by atoms with Crippen molar-refractivity contribution in [2.75, 3.05) is 19.8 Å². The molecule has 1 aromatic rings. The summed E-state index contributed by atoms with van der Waals surface area (Å²) in [4.78, 5) is 24.8. The largest absolute Gasteiger partial charge is 0.481 e. The number of hydrogen-bond acceptors (Lipinski definition) is 4. The van der Waals surface area contributed by atoms with Crippen LogP contribution in [0.15, 0.2) is 23.0 Å². The second-order valence-electron chi connectivity index (χ2n) is 4.15. The van der Waals surface area contributed by atoms with E-state index < -0.39 is 17.9 Å². The van der Waals surface area contributed by atoms with Gasteiger partial charge in [0.15, 0.2) is 0 Å². The quantitative estimate of drug-likeness (QED) is 0.860. The standard InChI is InChI=1S/C12H15NO5/c1-2-13(11(14)8-3-4-17-5-8)10-7-18-6-9(10)12(15)16/h3-5,9-10H,2,6-7H2,1H3,(H,15,16). The van der Waals surface area contributed by atoms with Gasteiger partial charge in [-0.3, -0.25) is 9.59 Å². The highest BCUT2D eigenvalue weighted by Crippen LogP contribution is 2.22. The van der Waals surface area contributed by atoms with Crippen LogP contribution in [0.2, 0.25) is 0 Å². The first-order valence-electron chi connectivity index (χ1n) is 5.78. The molecule has 1 fully saturated rings. The lowest BCUT2D eigenvalue weighted by molar-refractivity contribution is -0.142. The van der Waals surface area contributed by atoms with Gasteiger partial charge in [-0.1, -0.05) is 0 Å². The fourth-order valence-corrected chi connectivity index (χ4v) is 2.17. The molecule has 0 aromatic carbocycles. The predicted octanol–water partition coefficient (Wildman–Crippen LogP) is 0.841. The molecule has 0 saturated carbocycles. The third-order valence-electron chi connectivity index (χ3n) is 3.14. The molecule has 0 aliphatic carbocycles. The van der Waals surface area contributed by atoms with E-state index in [9.17, 15) is 9.59 Å². The van der Waals surface area contributed by atoms with E-state index in [0.717, 1.165) is 0 Å². The number of nitrogens with zero attached hydrogens (tertiary/aromatic N) is 1. The molecule has 0 radical (unpaired) electrons. The lowest BCUT2D eigenvalue weighted by Gasteiger charge is -2.28. The molecule has 1 amide bonds. The van der Waals surface area contributed by atoms with Crippen molar-refractivity contribution in [3.8, 4) is 0 Å². The van der Waals surface area contributed by atoms with Gasteiger partial charge in [-0.05, 0) is 13.0 Å². The van der Waals surface area contributed by atoms with E-state index in [1.165, 1.54) is 17.4 Å². The second kappa shape index (κ2) is 5.22. The van der Waals surface area contributed by atoms with Crippen molar-refractivity contribution in [1.82, 2.24) is 4.90 Å². The van der Waals surface area contributed by atoms with E-state index in [-0.39, 0.29) is 19.1 Å². The molecule has 98 valence electrons. The van der Waals surface area contributed by atoms with E-state index in [0.29, 0.717) is 12.1 Å². The second-order valence-corrected chi connectivity index (χ2v) is 4.15. The first-order valence-corrected chi connectivity index (χ1v) is 5.78. The van der Waals surface area contributed by atoms with Crippen molar-refractivity contribution >= 4 is 11.9 Å². The maximum Gasteiger partial charge on any atom is 0.311 e. The van der Waals surface area contributed by atoms with Gasteiger partial charge in [0.05, 0.1) is 31.1 Å². The average Bonchev–Trinajstić information content (AvgIpc) is 3.00. The normalized spacial score (nSPS) is 22.9. The summed E-state index contributed by atoms with van der Waals surface area (Å²) in [6.45, 7) is 2.65. The molecule has 2 rings (SSSR count). The van der Waals surface area contributed by atoms with Crippen molar-refractivity contribution in [2.45, 2.75) is 13.0 Å². The van der Waals surface area contributed by atoms with Gasteiger partial charge in [-0.25, -0.2) is 0 Å². The van der Waals surface area contributed by atoms with Crippen LogP contribution >= 0.6 is 0 Å². The van der Waals surface area contributed by atoms with Crippen LogP contribution in [-0.4, -0.2) is 47.7 Å². The number of carboxylic acid groups (broad SMARTS) is 1. The van der Waals surface area contributed by atoms with E-state index in [2.05, 4.69) is 0 Å². The molecule has 2 atom stereocenters. The Hall–Kier alpha value is -1.82. The van der Waals surface area contributed by atoms with Gasteiger partial charge < -0.3 is 19.2 Å². The van der Waals surface area contributed by atoms with Crippen molar-refractivity contribution < 1.29 is 23.8 Å². The Bertz CT molecular complexity index is 428. The van der Waals surface area contributed by atoms with Crippen molar-refractivity contribution in [2.24, 2.45) is 5.92 Å². The Balaban J connectivity index is 2.18. The molecule has 2 unspecified atom stereocenters. The number of carbonyl (C=O) groups excluding carboxylic acids is 1. The highest BCUT2D eigenvalue weighted by atomic mass is 16.5. The van der Waals surface area contributed by atoms with Crippen LogP contribution in [0, 0.1) is 5.92 Å². The number of ether oxygens (including phenoxy) is 1. The highest BCUT2D eigenvalue weighted by Gasteiger charge is 2.39. The van der Waals surface area contributed by atoms with Crippen LogP contribution in [0.4, 0.5) is 0 Å². The lowest BCUT2D eigenvalue weighted by atomic mass is 10.0. The summed E-state index contributed by atoms with van der Waals surface area (Å²) in [6.07, 6.45) is 2.78. The monoisotopic (exact) mass is 253 g/mol. The molecular formula is C12H15NO5. The zero-order valence-corrected chi connectivity index (χ0v) is 10.0. The van der Waals surface area contributed by atoms with Gasteiger partial charge in [-0.2, -0.15) is 0 Å². The molecule has 1 N–H and O–H groups in total. The number of rotatable bonds is 4. The van der Waals surface area contributed by atoms with Gasteiger partial charge in [0.1, 0.15) is 12.2 Å². The van der Waals surface area contributed by atoms with Crippen molar-refractivity contribution in [3.63, 3.8) is 0 Å². The van der Waals surface area contributed by atoms with Gasteiger partial charge in [0, 0.05) is 6.54 Å². The smallest absolute Gasteiger partial charge is 0.311 e. The fourth-order valence-electron chi connectivity index (χ4n) is 2.17. The zero-order chi connectivity index (χ0) is 13.1. The minimum Gasteiger partial charge on any atom is -0.481 e. The zero-order valence-electron chi connectivity index (χ0n) is 10.0. The molecule has 2 heterocycles. The van der Waals surface area contributed by atoms with E-state index in [1.54, 1.807) is 6.07 Å².